The minimum absolute atomic E-state index is 0.0459. The van der Waals surface area contributed by atoms with Crippen molar-refractivity contribution in [3.05, 3.63) is 22.8 Å². The Hall–Kier alpha value is -1.33. The van der Waals surface area contributed by atoms with Crippen molar-refractivity contribution in [1.29, 1.82) is 0 Å². The van der Waals surface area contributed by atoms with Gasteiger partial charge in [0.2, 0.25) is 0 Å². The van der Waals surface area contributed by atoms with Crippen LogP contribution in [0.25, 0.3) is 0 Å². The van der Waals surface area contributed by atoms with Crippen molar-refractivity contribution in [2.24, 2.45) is 11.8 Å². The summed E-state index contributed by atoms with van der Waals surface area (Å²) in [5, 5.41) is 0.376. The minimum atomic E-state index is 0.0459. The highest BCUT2D eigenvalue weighted by Crippen LogP contribution is 2.36. The average molecular weight is 309 g/mol. The summed E-state index contributed by atoms with van der Waals surface area (Å²) in [5.74, 6) is 6.42. The number of hydrazine groups is 1. The highest BCUT2D eigenvalue weighted by Gasteiger charge is 2.36. The Labute approximate surface area is 129 Å². The molecular weight excluding hydrogens is 288 g/mol. The maximum absolute atomic E-state index is 12.8. The normalized spacial score (nSPS) is 25.3. The first-order chi connectivity index (χ1) is 10.2. The number of anilines is 1. The largest absolute Gasteiger partial charge is 0.335 e. The van der Waals surface area contributed by atoms with E-state index in [4.69, 9.17) is 17.4 Å². The minimum Gasteiger partial charge on any atom is -0.335 e. The molecule has 2 atom stereocenters. The molecule has 1 aromatic rings. The lowest BCUT2D eigenvalue weighted by atomic mass is 9.78. The summed E-state index contributed by atoms with van der Waals surface area (Å²) >= 11 is 6.07. The zero-order chi connectivity index (χ0) is 14.8. The van der Waals surface area contributed by atoms with Gasteiger partial charge in [0.25, 0.3) is 5.91 Å². The van der Waals surface area contributed by atoms with E-state index in [1.165, 1.54) is 25.7 Å². The summed E-state index contributed by atoms with van der Waals surface area (Å²) in [5.41, 5.74) is 2.96. The van der Waals surface area contributed by atoms with Gasteiger partial charge in [0, 0.05) is 18.8 Å². The molecule has 0 radical (unpaired) electrons. The van der Waals surface area contributed by atoms with Crippen LogP contribution in [0.4, 0.5) is 5.82 Å². The monoisotopic (exact) mass is 308 g/mol. The van der Waals surface area contributed by atoms with Crippen LogP contribution in [-0.2, 0) is 0 Å². The van der Waals surface area contributed by atoms with Gasteiger partial charge in [-0.15, -0.1) is 0 Å². The predicted molar refractivity (Wildman–Crippen MR) is 83.1 cm³/mol. The number of nitrogens with two attached hydrogens (primary N) is 1. The van der Waals surface area contributed by atoms with E-state index in [2.05, 4.69) is 10.4 Å². The van der Waals surface area contributed by atoms with E-state index in [1.54, 1.807) is 12.3 Å². The van der Waals surface area contributed by atoms with Crippen LogP contribution in [0.1, 0.15) is 48.9 Å². The second kappa shape index (κ2) is 6.20. The number of carbonyl (C=O) groups excluding carboxylic acids is 1. The number of amides is 1. The number of fused-ring (bicyclic) bond motifs is 1. The molecule has 2 unspecified atom stereocenters. The second-order valence-electron chi connectivity index (χ2n) is 5.95. The molecular formula is C15H21ClN4O. The summed E-state index contributed by atoms with van der Waals surface area (Å²) < 4.78 is 0. The third kappa shape index (κ3) is 2.85. The zero-order valence-electron chi connectivity index (χ0n) is 12.0. The van der Waals surface area contributed by atoms with E-state index in [0.29, 0.717) is 28.4 Å². The molecule has 3 N–H and O–H groups in total. The highest BCUT2D eigenvalue weighted by atomic mass is 35.5. The van der Waals surface area contributed by atoms with Crippen LogP contribution in [0.5, 0.6) is 0 Å². The van der Waals surface area contributed by atoms with Crippen molar-refractivity contribution in [3.8, 4) is 0 Å². The number of likely N-dealkylation sites (tertiary alicyclic amines) is 1. The number of hydrogen-bond acceptors (Lipinski definition) is 4. The smallest absolute Gasteiger partial charge is 0.255 e. The van der Waals surface area contributed by atoms with Gasteiger partial charge in [-0.1, -0.05) is 24.4 Å². The Bertz CT molecular complexity index is 534. The molecule has 21 heavy (non-hydrogen) atoms. The average Bonchev–Trinajstić information content (AvgIpc) is 2.53. The third-order valence-electron chi connectivity index (χ3n) is 4.73. The third-order valence-corrected chi connectivity index (χ3v) is 5.02. The molecule has 2 aliphatic rings. The van der Waals surface area contributed by atoms with E-state index in [1.807, 2.05) is 4.90 Å². The molecule has 5 nitrogen and oxygen atoms in total. The first-order valence-corrected chi connectivity index (χ1v) is 8.01. The topological polar surface area (TPSA) is 71.2 Å². The van der Waals surface area contributed by atoms with E-state index in [9.17, 15) is 4.79 Å². The van der Waals surface area contributed by atoms with Crippen LogP contribution < -0.4 is 11.3 Å². The number of carbonyl (C=O) groups is 1. The van der Waals surface area contributed by atoms with Gasteiger partial charge in [-0.05, 0) is 37.7 Å². The molecule has 114 valence electrons. The standard InChI is InChI=1S/C15H21ClN4O/c16-12-8-11(9-18-14(12)19-17)15(21)20-7-3-5-10-4-1-2-6-13(10)20/h8-10,13H,1-7,17H2,(H,18,19). The quantitative estimate of drug-likeness (QED) is 0.651. The van der Waals surface area contributed by atoms with Crippen LogP contribution in [0.3, 0.4) is 0 Å². The number of nitrogen functional groups attached to an aromatic ring is 1. The summed E-state index contributed by atoms with van der Waals surface area (Å²) in [4.78, 5) is 18.9. The summed E-state index contributed by atoms with van der Waals surface area (Å²) in [6.07, 6.45) is 8.80. The lowest BCUT2D eigenvalue weighted by molar-refractivity contribution is 0.0390. The van der Waals surface area contributed by atoms with Gasteiger partial charge in [0.15, 0.2) is 5.82 Å². The Morgan fingerprint density at radius 1 is 1.33 bits per heavy atom. The van der Waals surface area contributed by atoms with Crippen LogP contribution in [0, 0.1) is 5.92 Å². The van der Waals surface area contributed by atoms with Crippen molar-refractivity contribution in [2.45, 2.75) is 44.6 Å². The molecule has 1 saturated carbocycles. The summed E-state index contributed by atoms with van der Waals surface area (Å²) in [6.45, 7) is 0.842. The predicted octanol–water partition coefficient (Wildman–Crippen LogP) is 2.82. The summed E-state index contributed by atoms with van der Waals surface area (Å²) in [7, 11) is 0. The van der Waals surface area contributed by atoms with Crippen LogP contribution in [0.15, 0.2) is 12.3 Å². The number of hydrogen-bond donors (Lipinski definition) is 2. The molecule has 1 aliphatic heterocycles. The van der Waals surface area contributed by atoms with Crippen molar-refractivity contribution in [3.63, 3.8) is 0 Å². The van der Waals surface area contributed by atoms with Gasteiger partial charge in [-0.2, -0.15) is 0 Å². The molecule has 0 spiro atoms. The van der Waals surface area contributed by atoms with Crippen LogP contribution in [-0.4, -0.2) is 28.4 Å². The number of nitrogens with zero attached hydrogens (tertiary/aromatic N) is 2. The molecule has 6 heteroatoms. The Balaban J connectivity index is 1.81. The van der Waals surface area contributed by atoms with Crippen LogP contribution in [0.2, 0.25) is 5.02 Å². The van der Waals surface area contributed by atoms with Crippen molar-refractivity contribution < 1.29 is 4.79 Å². The van der Waals surface area contributed by atoms with Crippen molar-refractivity contribution in [1.82, 2.24) is 9.88 Å². The fourth-order valence-corrected chi connectivity index (χ4v) is 3.92. The van der Waals surface area contributed by atoms with Gasteiger partial charge in [-0.3, -0.25) is 4.79 Å². The van der Waals surface area contributed by atoms with E-state index < -0.39 is 0 Å². The molecule has 1 amide bonds. The highest BCUT2D eigenvalue weighted by molar-refractivity contribution is 6.33. The first-order valence-electron chi connectivity index (χ1n) is 7.64. The maximum Gasteiger partial charge on any atom is 0.255 e. The molecule has 2 heterocycles. The van der Waals surface area contributed by atoms with Crippen molar-refractivity contribution >= 4 is 23.3 Å². The van der Waals surface area contributed by atoms with Gasteiger partial charge < -0.3 is 10.3 Å². The van der Waals surface area contributed by atoms with Gasteiger partial charge in [0.1, 0.15) is 0 Å². The fourth-order valence-electron chi connectivity index (χ4n) is 3.70. The lowest BCUT2D eigenvalue weighted by Crippen LogP contribution is -2.49. The van der Waals surface area contributed by atoms with Gasteiger partial charge >= 0.3 is 0 Å². The van der Waals surface area contributed by atoms with Crippen LogP contribution >= 0.6 is 11.6 Å². The number of halogens is 1. The van der Waals surface area contributed by atoms with E-state index in [-0.39, 0.29) is 5.91 Å². The molecule has 0 bridgehead atoms. The van der Waals surface area contributed by atoms with E-state index in [0.717, 1.165) is 19.4 Å². The van der Waals surface area contributed by atoms with Gasteiger partial charge in [0.05, 0.1) is 10.6 Å². The number of nitrogens with one attached hydrogen (secondary N) is 1. The zero-order valence-corrected chi connectivity index (χ0v) is 12.8. The van der Waals surface area contributed by atoms with Crippen molar-refractivity contribution in [2.75, 3.05) is 12.0 Å². The maximum atomic E-state index is 12.8. The SMILES string of the molecule is NNc1ncc(C(=O)N2CCCC3CCCCC32)cc1Cl. The Morgan fingerprint density at radius 3 is 2.86 bits per heavy atom. The first kappa shape index (κ1) is 14.6. The van der Waals surface area contributed by atoms with Gasteiger partial charge in [-0.25, -0.2) is 10.8 Å². The molecule has 1 aliphatic carbocycles. The number of piperidine rings is 1. The molecule has 1 saturated heterocycles. The van der Waals surface area contributed by atoms with E-state index >= 15 is 0 Å². The number of pyridine rings is 1. The summed E-state index contributed by atoms with van der Waals surface area (Å²) in [6, 6.07) is 2.05. The lowest BCUT2D eigenvalue weighted by Gasteiger charge is -2.44. The Morgan fingerprint density at radius 2 is 2.10 bits per heavy atom. The molecule has 1 aromatic heterocycles. The number of aromatic nitrogens is 1. The molecule has 0 aromatic carbocycles. The Kier molecular flexibility index (Phi) is 4.31. The molecule has 3 rings (SSSR count). The second-order valence-corrected chi connectivity index (χ2v) is 6.36. The fraction of sp³-hybridized carbons (Fsp3) is 0.600. The number of rotatable bonds is 2. The molecule has 2 fully saturated rings.